The molecule has 0 saturated heterocycles. The van der Waals surface area contributed by atoms with Crippen molar-refractivity contribution in [2.24, 2.45) is 0 Å². The number of amides is 1. The molecule has 0 bridgehead atoms. The van der Waals surface area contributed by atoms with E-state index in [1.165, 1.54) is 6.20 Å². The minimum absolute atomic E-state index is 0.0690. The summed E-state index contributed by atoms with van der Waals surface area (Å²) in [5.41, 5.74) is 3.57. The van der Waals surface area contributed by atoms with E-state index in [9.17, 15) is 14.9 Å². The number of ether oxygens (including phenoxy) is 1. The molecule has 0 atom stereocenters. The van der Waals surface area contributed by atoms with E-state index in [0.717, 1.165) is 17.0 Å². The van der Waals surface area contributed by atoms with Crippen LogP contribution in [0.25, 0.3) is 5.52 Å². The van der Waals surface area contributed by atoms with Gasteiger partial charge in [0, 0.05) is 24.1 Å². The highest BCUT2D eigenvalue weighted by Gasteiger charge is 2.17. The largest absolute Gasteiger partial charge is 0.481 e. The summed E-state index contributed by atoms with van der Waals surface area (Å²) in [5.74, 6) is 0.188. The molecule has 0 unspecified atom stereocenters. The number of nitrogens with zero attached hydrogens (tertiary/aromatic N) is 3. The zero-order valence-electron chi connectivity index (χ0n) is 19.0. The number of nitriles is 1. The number of hydrogen-bond acceptors (Lipinski definition) is 6. The quantitative estimate of drug-likeness (QED) is 0.306. The molecule has 9 nitrogen and oxygen atoms in total. The van der Waals surface area contributed by atoms with Crippen molar-refractivity contribution < 1.29 is 19.4 Å². The lowest BCUT2D eigenvalue weighted by Crippen LogP contribution is -2.12. The molecule has 0 aliphatic heterocycles. The Morgan fingerprint density at radius 2 is 1.80 bits per heavy atom. The summed E-state index contributed by atoms with van der Waals surface area (Å²) in [6.07, 6.45) is 3.40. The van der Waals surface area contributed by atoms with Crippen LogP contribution in [0, 0.1) is 18.3 Å². The van der Waals surface area contributed by atoms with Crippen molar-refractivity contribution in [3.8, 4) is 17.6 Å². The molecule has 176 valence electrons. The Bertz CT molecular complexity index is 1410. The van der Waals surface area contributed by atoms with Crippen LogP contribution in [0.4, 0.5) is 17.1 Å². The van der Waals surface area contributed by atoms with E-state index < -0.39 is 5.97 Å². The van der Waals surface area contributed by atoms with Crippen molar-refractivity contribution in [1.29, 1.82) is 5.26 Å². The molecule has 0 saturated carbocycles. The molecule has 4 rings (SSSR count). The predicted molar refractivity (Wildman–Crippen MR) is 131 cm³/mol. The summed E-state index contributed by atoms with van der Waals surface area (Å²) in [7, 11) is 0. The minimum atomic E-state index is -0.938. The SMILES string of the molecule is Cc1c(NC(=O)CCCC(=O)O)cn2ncc(C#N)c(Nc3ccc(Oc4ccccc4)cc3)c12. The molecule has 0 radical (unpaired) electrons. The van der Waals surface area contributed by atoms with Gasteiger partial charge >= 0.3 is 5.97 Å². The molecule has 0 spiro atoms. The number of aryl methyl sites for hydroxylation is 1. The Hall–Kier alpha value is -4.84. The van der Waals surface area contributed by atoms with E-state index in [1.807, 2.05) is 61.5 Å². The molecule has 1 amide bonds. The van der Waals surface area contributed by atoms with Gasteiger partial charge in [-0.05, 0) is 49.7 Å². The maximum absolute atomic E-state index is 12.3. The fourth-order valence-electron chi connectivity index (χ4n) is 3.61. The number of carbonyl (C=O) groups is 2. The number of carboxylic acids is 1. The first-order chi connectivity index (χ1) is 16.9. The van der Waals surface area contributed by atoms with Crippen LogP contribution in [0.5, 0.6) is 11.5 Å². The molecule has 0 aliphatic carbocycles. The number of fused-ring (bicyclic) bond motifs is 1. The number of carbonyl (C=O) groups excluding carboxylic acids is 1. The van der Waals surface area contributed by atoms with Crippen molar-refractivity contribution in [1.82, 2.24) is 9.61 Å². The lowest BCUT2D eigenvalue weighted by atomic mass is 10.1. The van der Waals surface area contributed by atoms with Gasteiger partial charge in [0.2, 0.25) is 5.91 Å². The molecule has 35 heavy (non-hydrogen) atoms. The van der Waals surface area contributed by atoms with Crippen molar-refractivity contribution in [3.63, 3.8) is 0 Å². The number of para-hydroxylation sites is 1. The van der Waals surface area contributed by atoms with Gasteiger partial charge in [-0.25, -0.2) is 4.52 Å². The van der Waals surface area contributed by atoms with Gasteiger partial charge in [0.15, 0.2) is 0 Å². The molecular formula is C26H23N5O4. The number of aliphatic carboxylic acids is 1. The summed E-state index contributed by atoms with van der Waals surface area (Å²) in [4.78, 5) is 22.9. The van der Waals surface area contributed by atoms with Gasteiger partial charge in [-0.3, -0.25) is 9.59 Å². The smallest absolute Gasteiger partial charge is 0.303 e. The van der Waals surface area contributed by atoms with Gasteiger partial charge in [-0.2, -0.15) is 10.4 Å². The maximum atomic E-state index is 12.3. The average molecular weight is 470 g/mol. The number of nitrogens with one attached hydrogen (secondary N) is 2. The van der Waals surface area contributed by atoms with Gasteiger partial charge in [0.05, 0.1) is 34.8 Å². The van der Waals surface area contributed by atoms with Crippen LogP contribution in [-0.2, 0) is 9.59 Å². The lowest BCUT2D eigenvalue weighted by molar-refractivity contribution is -0.137. The zero-order valence-corrected chi connectivity index (χ0v) is 19.0. The number of carboxylic acid groups (broad SMARTS) is 1. The van der Waals surface area contributed by atoms with Gasteiger partial charge in [0.25, 0.3) is 0 Å². The van der Waals surface area contributed by atoms with Crippen LogP contribution in [0.1, 0.15) is 30.4 Å². The highest BCUT2D eigenvalue weighted by atomic mass is 16.5. The Morgan fingerprint density at radius 3 is 2.49 bits per heavy atom. The second kappa shape index (κ2) is 10.4. The summed E-state index contributed by atoms with van der Waals surface area (Å²) in [6, 6.07) is 19.0. The van der Waals surface area contributed by atoms with Gasteiger partial charge < -0.3 is 20.5 Å². The Kier molecular flexibility index (Phi) is 6.93. The Morgan fingerprint density at radius 1 is 1.09 bits per heavy atom. The van der Waals surface area contributed by atoms with Crippen molar-refractivity contribution in [2.75, 3.05) is 10.6 Å². The summed E-state index contributed by atoms with van der Waals surface area (Å²) in [5, 5.41) is 28.8. The fourth-order valence-corrected chi connectivity index (χ4v) is 3.61. The molecule has 3 N–H and O–H groups in total. The highest BCUT2D eigenvalue weighted by Crippen LogP contribution is 2.33. The van der Waals surface area contributed by atoms with Crippen molar-refractivity contribution in [3.05, 3.63) is 78.1 Å². The normalized spacial score (nSPS) is 10.5. The van der Waals surface area contributed by atoms with E-state index in [-0.39, 0.29) is 25.2 Å². The third-order valence-corrected chi connectivity index (χ3v) is 5.35. The maximum Gasteiger partial charge on any atom is 0.303 e. The number of aromatic nitrogens is 2. The highest BCUT2D eigenvalue weighted by molar-refractivity contribution is 5.95. The summed E-state index contributed by atoms with van der Waals surface area (Å²) in [6.45, 7) is 1.83. The predicted octanol–water partition coefficient (Wildman–Crippen LogP) is 5.24. The van der Waals surface area contributed by atoms with E-state index >= 15 is 0 Å². The number of rotatable bonds is 9. The van der Waals surface area contributed by atoms with Crippen LogP contribution in [-0.4, -0.2) is 26.6 Å². The van der Waals surface area contributed by atoms with E-state index in [2.05, 4.69) is 21.8 Å². The summed E-state index contributed by atoms with van der Waals surface area (Å²) >= 11 is 0. The Balaban J connectivity index is 1.56. The minimum Gasteiger partial charge on any atom is -0.481 e. The second-order valence-electron chi connectivity index (χ2n) is 7.87. The van der Waals surface area contributed by atoms with Gasteiger partial charge in [-0.1, -0.05) is 18.2 Å². The van der Waals surface area contributed by atoms with E-state index in [0.29, 0.717) is 28.2 Å². The molecule has 0 fully saturated rings. The first kappa shape index (κ1) is 23.3. The second-order valence-corrected chi connectivity index (χ2v) is 7.87. The zero-order chi connectivity index (χ0) is 24.8. The van der Waals surface area contributed by atoms with E-state index in [4.69, 9.17) is 9.84 Å². The molecule has 9 heteroatoms. The number of benzene rings is 2. The van der Waals surface area contributed by atoms with Gasteiger partial charge in [-0.15, -0.1) is 0 Å². The number of anilines is 3. The van der Waals surface area contributed by atoms with Crippen LogP contribution in [0.2, 0.25) is 0 Å². The monoisotopic (exact) mass is 469 g/mol. The molecule has 2 heterocycles. The first-order valence-corrected chi connectivity index (χ1v) is 11.0. The lowest BCUT2D eigenvalue weighted by Gasteiger charge is -2.12. The van der Waals surface area contributed by atoms with Crippen LogP contribution < -0.4 is 15.4 Å². The van der Waals surface area contributed by atoms with Crippen molar-refractivity contribution in [2.45, 2.75) is 26.2 Å². The van der Waals surface area contributed by atoms with Crippen LogP contribution in [0.15, 0.2) is 67.0 Å². The molecule has 4 aromatic rings. The van der Waals surface area contributed by atoms with Crippen LogP contribution >= 0.6 is 0 Å². The molecular weight excluding hydrogens is 446 g/mol. The number of hydrogen-bond donors (Lipinski definition) is 3. The van der Waals surface area contributed by atoms with E-state index in [1.54, 1.807) is 10.7 Å². The fraction of sp³-hybridized carbons (Fsp3) is 0.154. The Labute approximate surface area is 201 Å². The third kappa shape index (κ3) is 5.57. The average Bonchev–Trinajstić information content (AvgIpc) is 3.16. The molecule has 2 aromatic heterocycles. The topological polar surface area (TPSA) is 129 Å². The van der Waals surface area contributed by atoms with Crippen molar-refractivity contribution >= 4 is 34.5 Å². The first-order valence-electron chi connectivity index (χ1n) is 11.0. The third-order valence-electron chi connectivity index (χ3n) is 5.35. The van der Waals surface area contributed by atoms with Gasteiger partial charge in [0.1, 0.15) is 17.6 Å². The summed E-state index contributed by atoms with van der Waals surface area (Å²) < 4.78 is 7.43. The molecule has 0 aliphatic rings. The standard InChI is InChI=1S/C26H23N5O4/c1-17-22(30-23(32)8-5-9-24(33)34)16-31-26(17)25(18(14-27)15-28-31)29-19-10-12-21(13-11-19)35-20-6-3-2-4-7-20/h2-4,6-7,10-13,15-16,29H,5,8-9H2,1H3,(H,30,32)(H,33,34). The van der Waals surface area contributed by atoms with Crippen LogP contribution in [0.3, 0.4) is 0 Å². The molecule has 2 aromatic carbocycles.